The van der Waals surface area contributed by atoms with Crippen molar-refractivity contribution >= 4 is 17.8 Å². The van der Waals surface area contributed by atoms with E-state index in [1.165, 1.54) is 32.2 Å². The molecule has 0 aliphatic heterocycles. The molecule has 0 unspecified atom stereocenters. The first-order valence-electron chi connectivity index (χ1n) is 10.0. The molecule has 2 amide bonds. The molecule has 2 saturated carbocycles. The summed E-state index contributed by atoms with van der Waals surface area (Å²) in [5.74, 6) is -3.98. The maximum atomic E-state index is 14.6. The van der Waals surface area contributed by atoms with Crippen molar-refractivity contribution in [3.63, 3.8) is 0 Å². The zero-order valence-electron chi connectivity index (χ0n) is 17.5. The Morgan fingerprint density at radius 2 is 1.77 bits per heavy atom. The van der Waals surface area contributed by atoms with E-state index >= 15 is 0 Å². The molecule has 2 aliphatic carbocycles. The smallest absolute Gasteiger partial charge is 0.258 e. The molecule has 2 fully saturated rings. The Kier molecular flexibility index (Phi) is 4.83. The predicted molar refractivity (Wildman–Crippen MR) is 108 cm³/mol. The van der Waals surface area contributed by atoms with Crippen LogP contribution in [0.5, 0.6) is 0 Å². The molecule has 2 aliphatic rings. The molecule has 0 saturated heterocycles. The van der Waals surface area contributed by atoms with Gasteiger partial charge in [-0.3, -0.25) is 14.9 Å². The third-order valence-corrected chi connectivity index (χ3v) is 6.07. The fraction of sp³-hybridized carbons (Fsp3) is 0.455. The lowest BCUT2D eigenvalue weighted by Crippen LogP contribution is -2.36. The zero-order chi connectivity index (χ0) is 22.6. The van der Waals surface area contributed by atoms with Crippen LogP contribution in [0.1, 0.15) is 53.2 Å². The predicted octanol–water partition coefficient (Wildman–Crippen LogP) is 3.75. The van der Waals surface area contributed by atoms with Crippen LogP contribution < -0.4 is 5.32 Å². The van der Waals surface area contributed by atoms with Crippen LogP contribution in [0.3, 0.4) is 0 Å². The first kappa shape index (κ1) is 21.3. The molecule has 1 N–H and O–H groups in total. The van der Waals surface area contributed by atoms with E-state index in [0.29, 0.717) is 18.4 Å². The third kappa shape index (κ3) is 3.88. The fourth-order valence-electron chi connectivity index (χ4n) is 3.67. The Balaban J connectivity index is 1.54. The molecule has 4 rings (SSSR count). The topological polar surface area (TPSA) is 75.2 Å². The molecule has 1 atom stereocenters. The number of halogens is 3. The van der Waals surface area contributed by atoms with Crippen LogP contribution in [0.4, 0.5) is 19.1 Å². The normalized spacial score (nSPS) is 22.5. The van der Waals surface area contributed by atoms with Gasteiger partial charge in [0.2, 0.25) is 11.9 Å². The number of aryl methyl sites for hydroxylation is 1. The Hall–Kier alpha value is -2.97. The van der Waals surface area contributed by atoms with E-state index in [0.717, 1.165) is 10.5 Å². The molecule has 1 aromatic carbocycles. The summed E-state index contributed by atoms with van der Waals surface area (Å²) in [5.41, 5.74) is -1.71. The average Bonchev–Trinajstić information content (AvgIpc) is 3.58. The van der Waals surface area contributed by atoms with E-state index < -0.39 is 35.2 Å². The highest BCUT2D eigenvalue weighted by atomic mass is 19.3. The minimum Gasteiger partial charge on any atom is -0.332 e. The summed E-state index contributed by atoms with van der Waals surface area (Å²) >= 11 is 0. The second-order valence-electron chi connectivity index (χ2n) is 8.73. The summed E-state index contributed by atoms with van der Waals surface area (Å²) in [5, 5.41) is 2.49. The number of hydrogen-bond acceptors (Lipinski definition) is 4. The van der Waals surface area contributed by atoms with Gasteiger partial charge in [-0.25, -0.2) is 23.1 Å². The lowest BCUT2D eigenvalue weighted by Gasteiger charge is -2.22. The highest BCUT2D eigenvalue weighted by Crippen LogP contribution is 2.62. The summed E-state index contributed by atoms with van der Waals surface area (Å²) < 4.78 is 42.8. The van der Waals surface area contributed by atoms with E-state index in [9.17, 15) is 22.8 Å². The maximum absolute atomic E-state index is 14.6. The Labute approximate surface area is 177 Å². The molecule has 0 bridgehead atoms. The van der Waals surface area contributed by atoms with Gasteiger partial charge < -0.3 is 4.90 Å². The number of alkyl halides is 3. The number of rotatable bonds is 6. The van der Waals surface area contributed by atoms with Crippen LogP contribution in [0.15, 0.2) is 30.6 Å². The summed E-state index contributed by atoms with van der Waals surface area (Å²) in [6, 6.07) is 4.26. The molecule has 9 heteroatoms. The molecule has 0 spiro atoms. The van der Waals surface area contributed by atoms with Gasteiger partial charge >= 0.3 is 0 Å². The van der Waals surface area contributed by atoms with Crippen LogP contribution >= 0.6 is 0 Å². The minimum absolute atomic E-state index is 0.0505. The number of likely N-dealkylation sites (N-methyl/N-ethyl adjacent to an activating group) is 1. The van der Waals surface area contributed by atoms with Crippen molar-refractivity contribution in [1.82, 2.24) is 14.9 Å². The second-order valence-corrected chi connectivity index (χ2v) is 8.73. The van der Waals surface area contributed by atoms with Crippen molar-refractivity contribution in [1.29, 1.82) is 0 Å². The van der Waals surface area contributed by atoms with Gasteiger partial charge in [-0.05, 0) is 49.4 Å². The van der Waals surface area contributed by atoms with Crippen molar-refractivity contribution in [3.05, 3.63) is 52.8 Å². The number of hydrogen-bond donors (Lipinski definition) is 1. The summed E-state index contributed by atoms with van der Waals surface area (Å²) in [7, 11) is 1.40. The number of carbonyl (C=O) groups is 2. The fourth-order valence-corrected chi connectivity index (χ4v) is 3.67. The zero-order valence-corrected chi connectivity index (χ0v) is 17.5. The number of nitrogens with one attached hydrogen (secondary N) is 1. The van der Waals surface area contributed by atoms with Crippen LogP contribution in [-0.4, -0.2) is 46.2 Å². The van der Waals surface area contributed by atoms with Gasteiger partial charge in [0.15, 0.2) is 0 Å². The molecule has 0 radical (unpaired) electrons. The maximum Gasteiger partial charge on any atom is 0.258 e. The monoisotopic (exact) mass is 432 g/mol. The van der Waals surface area contributed by atoms with Crippen LogP contribution in [0, 0.1) is 6.92 Å². The minimum atomic E-state index is -2.97. The van der Waals surface area contributed by atoms with Crippen LogP contribution in [0.2, 0.25) is 0 Å². The number of aromatic nitrogens is 2. The van der Waals surface area contributed by atoms with Crippen LogP contribution in [0.25, 0.3) is 0 Å². The van der Waals surface area contributed by atoms with Crippen LogP contribution in [-0.2, 0) is 15.9 Å². The largest absolute Gasteiger partial charge is 0.332 e. The summed E-state index contributed by atoms with van der Waals surface area (Å²) in [6.07, 6.45) is 3.36. The van der Waals surface area contributed by atoms with E-state index in [4.69, 9.17) is 0 Å². The highest BCUT2D eigenvalue weighted by molar-refractivity contribution is 6.00. The van der Waals surface area contributed by atoms with E-state index in [2.05, 4.69) is 15.3 Å². The van der Waals surface area contributed by atoms with Crippen molar-refractivity contribution in [3.8, 4) is 0 Å². The van der Waals surface area contributed by atoms with E-state index in [-0.39, 0.29) is 23.6 Å². The molecular weight excluding hydrogens is 409 g/mol. The number of amides is 2. The average molecular weight is 432 g/mol. The summed E-state index contributed by atoms with van der Waals surface area (Å²) in [6.45, 7) is 2.86. The van der Waals surface area contributed by atoms with Gasteiger partial charge in [-0.1, -0.05) is 12.1 Å². The molecule has 31 heavy (non-hydrogen) atoms. The first-order chi connectivity index (χ1) is 14.4. The standard InChI is InChI=1S/C22H23F3N4O2/c1-13-9-26-19(27-10-13)28-17(30)11-29(3)18(31)15-5-4-14(21(23)6-7-21)8-16(15)20(2)12-22(20,24)25/h4-5,8-10H,6-7,11-12H2,1-3H3,(H,26,27,28,30)/t20-/m0/s1. The highest BCUT2D eigenvalue weighted by Gasteiger charge is 2.69. The Bertz CT molecular complexity index is 1050. The Morgan fingerprint density at radius 1 is 1.16 bits per heavy atom. The van der Waals surface area contributed by atoms with Gasteiger partial charge in [0.25, 0.3) is 11.8 Å². The van der Waals surface area contributed by atoms with Gasteiger partial charge in [-0.15, -0.1) is 0 Å². The Morgan fingerprint density at radius 3 is 2.32 bits per heavy atom. The van der Waals surface area contributed by atoms with E-state index in [1.807, 2.05) is 0 Å². The quantitative estimate of drug-likeness (QED) is 0.755. The number of nitrogens with zero attached hydrogens (tertiary/aromatic N) is 3. The van der Waals surface area contributed by atoms with Crippen molar-refractivity contribution in [2.45, 2.75) is 50.1 Å². The molecule has 6 nitrogen and oxygen atoms in total. The number of anilines is 1. The molecular formula is C22H23F3N4O2. The lowest BCUT2D eigenvalue weighted by atomic mass is 9.88. The van der Waals surface area contributed by atoms with Crippen molar-refractivity contribution in [2.24, 2.45) is 0 Å². The molecule has 2 aromatic rings. The van der Waals surface area contributed by atoms with Crippen molar-refractivity contribution in [2.75, 3.05) is 18.9 Å². The van der Waals surface area contributed by atoms with E-state index in [1.54, 1.807) is 19.3 Å². The second kappa shape index (κ2) is 7.03. The number of benzene rings is 1. The molecule has 164 valence electrons. The SMILES string of the molecule is Cc1cnc(NC(=O)CN(C)C(=O)c2ccc(C3(F)CC3)cc2[C@]2(C)CC2(F)F)nc1. The van der Waals surface area contributed by atoms with Gasteiger partial charge in [0.1, 0.15) is 5.67 Å². The third-order valence-electron chi connectivity index (χ3n) is 6.07. The van der Waals surface area contributed by atoms with Gasteiger partial charge in [-0.2, -0.15) is 0 Å². The summed E-state index contributed by atoms with van der Waals surface area (Å²) in [4.78, 5) is 34.4. The van der Waals surface area contributed by atoms with Crippen molar-refractivity contribution < 1.29 is 22.8 Å². The number of carbonyl (C=O) groups excluding carboxylic acids is 2. The first-order valence-corrected chi connectivity index (χ1v) is 10.0. The molecule has 1 aromatic heterocycles. The molecule has 1 heterocycles. The lowest BCUT2D eigenvalue weighted by molar-refractivity contribution is -0.116. The van der Waals surface area contributed by atoms with Gasteiger partial charge in [0.05, 0.1) is 12.0 Å². The van der Waals surface area contributed by atoms with Gasteiger partial charge in [0, 0.05) is 31.4 Å².